The summed E-state index contributed by atoms with van der Waals surface area (Å²) in [6.45, 7) is 5.35. The van der Waals surface area contributed by atoms with Crippen molar-refractivity contribution in [3.8, 4) is 0 Å². The lowest BCUT2D eigenvalue weighted by atomic mass is 10.1. The molecule has 0 aliphatic heterocycles. The van der Waals surface area contributed by atoms with Gasteiger partial charge in [0, 0.05) is 32.1 Å². The minimum absolute atomic E-state index is 0.249. The highest BCUT2D eigenvalue weighted by Gasteiger charge is 2.11. The van der Waals surface area contributed by atoms with Crippen LogP contribution >= 0.6 is 0 Å². The molecule has 0 saturated heterocycles. The molecule has 6 heteroatoms. The molecule has 0 atom stereocenters. The first-order valence-electron chi connectivity index (χ1n) is 7.55. The fourth-order valence-corrected chi connectivity index (χ4v) is 2.06. The molecule has 23 heavy (non-hydrogen) atoms. The zero-order chi connectivity index (χ0) is 16.7. The summed E-state index contributed by atoms with van der Waals surface area (Å²) in [5.74, 6) is 0.191. The zero-order valence-corrected chi connectivity index (χ0v) is 13.7. The molecule has 0 unspecified atom stereocenters. The van der Waals surface area contributed by atoms with Gasteiger partial charge in [0.2, 0.25) is 5.95 Å². The number of benzene rings is 1. The van der Waals surface area contributed by atoms with Gasteiger partial charge >= 0.3 is 0 Å². The van der Waals surface area contributed by atoms with Crippen LogP contribution in [0, 0.1) is 13.8 Å². The van der Waals surface area contributed by atoms with E-state index in [1.807, 2.05) is 32.0 Å². The third-order valence-corrected chi connectivity index (χ3v) is 3.55. The standard InChI is InChI=1S/C17H22N4O2/c1-12-6-4-7-14(13(12)2)20-16(22)15-8-10-19-17(21-15)18-9-5-11-23-3/h4,6-8,10H,5,9,11H2,1-3H3,(H,20,22)(H,18,19,21). The molecule has 0 aliphatic rings. The zero-order valence-electron chi connectivity index (χ0n) is 13.7. The molecule has 2 N–H and O–H groups in total. The van der Waals surface area contributed by atoms with Crippen molar-refractivity contribution in [2.75, 3.05) is 30.9 Å². The van der Waals surface area contributed by atoms with E-state index in [9.17, 15) is 4.79 Å². The number of rotatable bonds is 7. The number of hydrogen-bond donors (Lipinski definition) is 2. The second kappa shape index (κ2) is 8.24. The second-order valence-electron chi connectivity index (χ2n) is 5.24. The summed E-state index contributed by atoms with van der Waals surface area (Å²) in [4.78, 5) is 20.7. The van der Waals surface area contributed by atoms with Crippen LogP contribution in [0.4, 0.5) is 11.6 Å². The van der Waals surface area contributed by atoms with Crippen molar-refractivity contribution in [3.63, 3.8) is 0 Å². The monoisotopic (exact) mass is 314 g/mol. The predicted molar refractivity (Wildman–Crippen MR) is 90.9 cm³/mol. The van der Waals surface area contributed by atoms with E-state index in [4.69, 9.17) is 4.74 Å². The lowest BCUT2D eigenvalue weighted by Gasteiger charge is -2.10. The number of aryl methyl sites for hydroxylation is 1. The lowest BCUT2D eigenvalue weighted by molar-refractivity contribution is 0.102. The number of anilines is 2. The topological polar surface area (TPSA) is 76.1 Å². The maximum absolute atomic E-state index is 12.4. The fraction of sp³-hybridized carbons (Fsp3) is 0.353. The Bertz CT molecular complexity index is 673. The molecule has 0 fully saturated rings. The van der Waals surface area contributed by atoms with E-state index in [0.29, 0.717) is 24.8 Å². The Morgan fingerprint density at radius 2 is 2.09 bits per heavy atom. The van der Waals surface area contributed by atoms with Crippen LogP contribution in [0.1, 0.15) is 28.0 Å². The van der Waals surface area contributed by atoms with Crippen molar-refractivity contribution in [2.24, 2.45) is 0 Å². The molecule has 0 saturated carbocycles. The molecule has 1 amide bonds. The van der Waals surface area contributed by atoms with E-state index in [1.165, 1.54) is 0 Å². The smallest absolute Gasteiger partial charge is 0.274 e. The maximum Gasteiger partial charge on any atom is 0.274 e. The van der Waals surface area contributed by atoms with Crippen molar-refractivity contribution in [1.29, 1.82) is 0 Å². The molecule has 2 rings (SSSR count). The largest absolute Gasteiger partial charge is 0.385 e. The molecule has 0 aliphatic carbocycles. The minimum Gasteiger partial charge on any atom is -0.385 e. The summed E-state index contributed by atoms with van der Waals surface area (Å²) in [6.07, 6.45) is 2.42. The Morgan fingerprint density at radius 3 is 2.87 bits per heavy atom. The maximum atomic E-state index is 12.4. The first kappa shape index (κ1) is 16.9. The molecule has 6 nitrogen and oxygen atoms in total. The van der Waals surface area contributed by atoms with Gasteiger partial charge in [0.05, 0.1) is 0 Å². The van der Waals surface area contributed by atoms with Gasteiger partial charge in [0.25, 0.3) is 5.91 Å². The molecule has 1 aromatic carbocycles. The summed E-state index contributed by atoms with van der Waals surface area (Å²) in [7, 11) is 1.66. The highest BCUT2D eigenvalue weighted by molar-refractivity contribution is 6.03. The first-order valence-corrected chi connectivity index (χ1v) is 7.55. The van der Waals surface area contributed by atoms with Crippen molar-refractivity contribution in [2.45, 2.75) is 20.3 Å². The van der Waals surface area contributed by atoms with E-state index in [2.05, 4.69) is 20.6 Å². The molecule has 122 valence electrons. The molecule has 2 aromatic rings. The Morgan fingerprint density at radius 1 is 1.26 bits per heavy atom. The highest BCUT2D eigenvalue weighted by Crippen LogP contribution is 2.18. The SMILES string of the molecule is COCCCNc1nccc(C(=O)Nc2cccc(C)c2C)n1. The average Bonchev–Trinajstić information content (AvgIpc) is 2.56. The summed E-state index contributed by atoms with van der Waals surface area (Å²) >= 11 is 0. The number of aromatic nitrogens is 2. The first-order chi connectivity index (χ1) is 11.1. The van der Waals surface area contributed by atoms with Crippen molar-refractivity contribution in [1.82, 2.24) is 9.97 Å². The Kier molecular flexibility index (Phi) is 6.05. The predicted octanol–water partition coefficient (Wildman–Crippen LogP) is 2.79. The second-order valence-corrected chi connectivity index (χ2v) is 5.24. The van der Waals surface area contributed by atoms with E-state index in [1.54, 1.807) is 19.4 Å². The van der Waals surface area contributed by atoms with Crippen LogP contribution in [0.3, 0.4) is 0 Å². The van der Waals surface area contributed by atoms with Gasteiger partial charge in [-0.25, -0.2) is 9.97 Å². The number of carbonyl (C=O) groups excluding carboxylic acids is 1. The van der Waals surface area contributed by atoms with Crippen molar-refractivity contribution >= 4 is 17.5 Å². The van der Waals surface area contributed by atoms with E-state index >= 15 is 0 Å². The summed E-state index contributed by atoms with van der Waals surface area (Å²) in [5.41, 5.74) is 3.30. The summed E-state index contributed by atoms with van der Waals surface area (Å²) in [6, 6.07) is 7.41. The number of methoxy groups -OCH3 is 1. The molecule has 0 spiro atoms. The third-order valence-electron chi connectivity index (χ3n) is 3.55. The van der Waals surface area contributed by atoms with E-state index in [0.717, 1.165) is 23.2 Å². The van der Waals surface area contributed by atoms with Crippen molar-refractivity contribution in [3.05, 3.63) is 47.3 Å². The van der Waals surface area contributed by atoms with Gasteiger partial charge < -0.3 is 15.4 Å². The molecular weight excluding hydrogens is 292 g/mol. The van der Waals surface area contributed by atoms with Gasteiger partial charge in [-0.15, -0.1) is 0 Å². The Labute approximate surface area is 136 Å². The highest BCUT2D eigenvalue weighted by atomic mass is 16.5. The van der Waals surface area contributed by atoms with Crippen LogP contribution in [-0.4, -0.2) is 36.1 Å². The number of hydrogen-bond acceptors (Lipinski definition) is 5. The van der Waals surface area contributed by atoms with Gasteiger partial charge in [-0.1, -0.05) is 12.1 Å². The van der Waals surface area contributed by atoms with Gasteiger partial charge in [-0.3, -0.25) is 4.79 Å². The Hall–Kier alpha value is -2.47. The number of carbonyl (C=O) groups is 1. The van der Waals surface area contributed by atoms with Crippen LogP contribution in [0.25, 0.3) is 0 Å². The van der Waals surface area contributed by atoms with Crippen LogP contribution in [0.2, 0.25) is 0 Å². The van der Waals surface area contributed by atoms with Crippen LogP contribution in [0.5, 0.6) is 0 Å². The van der Waals surface area contributed by atoms with E-state index in [-0.39, 0.29) is 5.91 Å². The lowest BCUT2D eigenvalue weighted by Crippen LogP contribution is -2.16. The number of nitrogens with zero attached hydrogens (tertiary/aromatic N) is 2. The number of amides is 1. The van der Waals surface area contributed by atoms with Crippen LogP contribution in [0.15, 0.2) is 30.5 Å². The molecule has 0 radical (unpaired) electrons. The number of nitrogens with one attached hydrogen (secondary N) is 2. The fourth-order valence-electron chi connectivity index (χ4n) is 2.06. The normalized spacial score (nSPS) is 10.4. The quantitative estimate of drug-likeness (QED) is 0.769. The third kappa shape index (κ3) is 4.75. The van der Waals surface area contributed by atoms with Crippen LogP contribution in [-0.2, 0) is 4.74 Å². The number of ether oxygens (including phenoxy) is 1. The molecule has 0 bridgehead atoms. The Balaban J connectivity index is 2.03. The van der Waals surface area contributed by atoms with Gasteiger partial charge in [-0.2, -0.15) is 0 Å². The van der Waals surface area contributed by atoms with Gasteiger partial charge in [-0.05, 0) is 43.5 Å². The van der Waals surface area contributed by atoms with Crippen LogP contribution < -0.4 is 10.6 Å². The van der Waals surface area contributed by atoms with Gasteiger partial charge in [0.15, 0.2) is 0 Å². The van der Waals surface area contributed by atoms with Crippen molar-refractivity contribution < 1.29 is 9.53 Å². The minimum atomic E-state index is -0.249. The van der Waals surface area contributed by atoms with Gasteiger partial charge in [0.1, 0.15) is 5.69 Å². The molecule has 1 aromatic heterocycles. The summed E-state index contributed by atoms with van der Waals surface area (Å²) < 4.78 is 4.98. The average molecular weight is 314 g/mol. The summed E-state index contributed by atoms with van der Waals surface area (Å²) in [5, 5.41) is 5.97. The molecule has 1 heterocycles. The molecular formula is C17H22N4O2. The van der Waals surface area contributed by atoms with E-state index < -0.39 is 0 Å².